The van der Waals surface area contributed by atoms with Crippen molar-refractivity contribution in [1.82, 2.24) is 0 Å². The van der Waals surface area contributed by atoms with Crippen LogP contribution in [0.25, 0.3) is 0 Å². The van der Waals surface area contributed by atoms with E-state index >= 15 is 4.39 Å². The van der Waals surface area contributed by atoms with Gasteiger partial charge in [0.1, 0.15) is 0 Å². The smallest absolute Gasteiger partial charge is 0.303 e. The third kappa shape index (κ3) is 3.54. The number of aliphatic hydroxyl groups excluding tert-OH is 1. The van der Waals surface area contributed by atoms with Crippen LogP contribution in [0.4, 0.5) is 8.78 Å². The molecule has 0 aromatic carbocycles. The predicted molar refractivity (Wildman–Crippen MR) is 110 cm³/mol. The van der Waals surface area contributed by atoms with Gasteiger partial charge in [-0.3, -0.25) is 4.79 Å². The Morgan fingerprint density at radius 1 is 1.10 bits per heavy atom. The third-order valence-corrected chi connectivity index (χ3v) is 10.4. The number of hydrogen-bond acceptors (Lipinski definition) is 4. The van der Waals surface area contributed by atoms with Gasteiger partial charge in [-0.1, -0.05) is 20.8 Å². The molecule has 0 heterocycles. The maximum atomic E-state index is 15.9. The summed E-state index contributed by atoms with van der Waals surface area (Å²) < 4.78 is 30.3. The maximum absolute atomic E-state index is 15.9. The van der Waals surface area contributed by atoms with Gasteiger partial charge in [-0.2, -0.15) is 0 Å². The molecule has 0 amide bonds. The van der Waals surface area contributed by atoms with E-state index in [9.17, 15) is 24.5 Å². The van der Waals surface area contributed by atoms with E-state index in [-0.39, 0.29) is 49.4 Å². The summed E-state index contributed by atoms with van der Waals surface area (Å²) in [5.41, 5.74) is -1.02. The Balaban J connectivity index is 1.66. The highest BCUT2D eigenvalue weighted by atomic mass is 19.2. The Morgan fingerprint density at radius 3 is 2.42 bits per heavy atom. The number of carboxylic acid groups (broad SMARTS) is 1. The van der Waals surface area contributed by atoms with E-state index in [1.54, 1.807) is 0 Å². The van der Waals surface area contributed by atoms with Crippen LogP contribution in [0, 0.1) is 46.3 Å². The normalized spacial score (nSPS) is 55.1. The Kier molecular flexibility index (Phi) is 5.55. The van der Waals surface area contributed by atoms with E-state index in [4.69, 9.17) is 5.11 Å². The largest absolute Gasteiger partial charge is 0.481 e. The van der Waals surface area contributed by atoms with E-state index in [2.05, 4.69) is 0 Å². The van der Waals surface area contributed by atoms with Crippen LogP contribution in [0.1, 0.15) is 78.6 Å². The van der Waals surface area contributed by atoms with Crippen LogP contribution >= 0.6 is 0 Å². The Morgan fingerprint density at radius 2 is 1.77 bits per heavy atom. The zero-order valence-electron chi connectivity index (χ0n) is 18.9. The first kappa shape index (κ1) is 23.4. The van der Waals surface area contributed by atoms with Crippen LogP contribution in [-0.4, -0.2) is 44.2 Å². The Hall–Kier alpha value is -0.790. The van der Waals surface area contributed by atoms with Gasteiger partial charge < -0.3 is 20.4 Å². The minimum atomic E-state index is -2.46. The number of halogens is 2. The highest BCUT2D eigenvalue weighted by Crippen LogP contribution is 2.71. The molecular weight excluding hydrogens is 406 g/mol. The number of alkyl halides is 2. The van der Waals surface area contributed by atoms with E-state index in [1.165, 1.54) is 0 Å². The van der Waals surface area contributed by atoms with Gasteiger partial charge in [0.25, 0.3) is 0 Å². The SMILES string of the molecule is CC(CCC(=O)O)C1CCC2C3C(CC(O)C12C)C1(C)CCC(O)(F)CC1CC3(O)F. The number of aliphatic hydroxyl groups is 3. The van der Waals surface area contributed by atoms with Gasteiger partial charge in [-0.15, -0.1) is 0 Å². The van der Waals surface area contributed by atoms with E-state index < -0.39 is 46.4 Å². The lowest BCUT2D eigenvalue weighted by Gasteiger charge is -2.64. The van der Waals surface area contributed by atoms with Crippen LogP contribution in [0.3, 0.4) is 0 Å². The second kappa shape index (κ2) is 7.36. The second-order valence-corrected chi connectivity index (χ2v) is 11.8. The summed E-state index contributed by atoms with van der Waals surface area (Å²) in [4.78, 5) is 11.1. The Bertz CT molecular complexity index is 727. The highest BCUT2D eigenvalue weighted by molar-refractivity contribution is 5.66. The van der Waals surface area contributed by atoms with Gasteiger partial charge >= 0.3 is 5.97 Å². The molecule has 4 aliphatic rings. The van der Waals surface area contributed by atoms with Crippen LogP contribution in [0.5, 0.6) is 0 Å². The molecule has 4 aliphatic carbocycles. The molecule has 0 spiro atoms. The van der Waals surface area contributed by atoms with E-state index in [0.717, 1.165) is 6.42 Å². The average molecular weight is 445 g/mol. The summed E-state index contributed by atoms with van der Waals surface area (Å²) in [5, 5.41) is 41.5. The van der Waals surface area contributed by atoms with Gasteiger partial charge in [-0.05, 0) is 72.5 Å². The van der Waals surface area contributed by atoms with Crippen molar-refractivity contribution in [3.63, 3.8) is 0 Å². The molecule has 7 heteroatoms. The fourth-order valence-electron chi connectivity index (χ4n) is 8.64. The molecule has 4 fully saturated rings. The molecule has 31 heavy (non-hydrogen) atoms. The first-order valence-corrected chi connectivity index (χ1v) is 11.9. The van der Waals surface area contributed by atoms with E-state index in [0.29, 0.717) is 25.7 Å². The molecule has 0 bridgehead atoms. The molecule has 11 unspecified atom stereocenters. The third-order valence-electron chi connectivity index (χ3n) is 10.4. The predicted octanol–water partition coefficient (Wildman–Crippen LogP) is 4.04. The lowest BCUT2D eigenvalue weighted by Crippen LogP contribution is -2.65. The lowest BCUT2D eigenvalue weighted by molar-refractivity contribution is -0.296. The molecule has 0 aromatic heterocycles. The molecule has 5 nitrogen and oxygen atoms in total. The molecule has 11 atom stereocenters. The molecule has 178 valence electrons. The topological polar surface area (TPSA) is 98.0 Å². The monoisotopic (exact) mass is 444 g/mol. The zero-order chi connectivity index (χ0) is 23.0. The number of carboxylic acids is 1. The first-order valence-electron chi connectivity index (χ1n) is 11.9. The Labute approximate surface area is 183 Å². The van der Waals surface area contributed by atoms with Gasteiger partial charge in [0.2, 0.25) is 11.7 Å². The lowest BCUT2D eigenvalue weighted by atomic mass is 9.42. The minimum Gasteiger partial charge on any atom is -0.481 e. The summed E-state index contributed by atoms with van der Waals surface area (Å²) >= 11 is 0. The van der Waals surface area contributed by atoms with Crippen molar-refractivity contribution in [2.45, 2.75) is 96.4 Å². The number of hydrogen-bond donors (Lipinski definition) is 4. The molecular formula is C24H38F2O5. The van der Waals surface area contributed by atoms with Crippen molar-refractivity contribution in [2.24, 2.45) is 46.3 Å². The van der Waals surface area contributed by atoms with Crippen molar-refractivity contribution in [3.8, 4) is 0 Å². The molecule has 4 saturated carbocycles. The number of aliphatic carboxylic acids is 1. The molecule has 4 rings (SSSR count). The summed E-state index contributed by atoms with van der Waals surface area (Å²) in [6.45, 7) is 6.04. The number of rotatable bonds is 4. The summed E-state index contributed by atoms with van der Waals surface area (Å²) in [7, 11) is 0. The van der Waals surface area contributed by atoms with Crippen LogP contribution in [0.2, 0.25) is 0 Å². The van der Waals surface area contributed by atoms with Crippen LogP contribution in [0.15, 0.2) is 0 Å². The molecule has 0 aromatic rings. The first-order chi connectivity index (χ1) is 14.2. The van der Waals surface area contributed by atoms with E-state index in [1.807, 2.05) is 20.8 Å². The van der Waals surface area contributed by atoms with Crippen LogP contribution in [-0.2, 0) is 4.79 Å². The van der Waals surface area contributed by atoms with Gasteiger partial charge in [0, 0.05) is 31.6 Å². The summed E-state index contributed by atoms with van der Waals surface area (Å²) in [6.07, 6.45) is 1.78. The maximum Gasteiger partial charge on any atom is 0.303 e. The fourth-order valence-corrected chi connectivity index (χ4v) is 8.64. The number of carbonyl (C=O) groups is 1. The molecule has 0 saturated heterocycles. The van der Waals surface area contributed by atoms with Crippen molar-refractivity contribution in [2.75, 3.05) is 0 Å². The zero-order valence-corrected chi connectivity index (χ0v) is 18.9. The van der Waals surface area contributed by atoms with Crippen molar-refractivity contribution in [3.05, 3.63) is 0 Å². The van der Waals surface area contributed by atoms with Crippen molar-refractivity contribution < 1.29 is 34.0 Å². The highest BCUT2D eigenvalue weighted by Gasteiger charge is 2.70. The molecule has 0 radical (unpaired) electrons. The standard InChI is InChI=1S/C24H38F2O5/c1-13(4-7-19(28)29)15-5-6-16-20-17(10-18(27)22(15,16)3)21(2)8-9-23(25,30)11-14(21)12-24(20,26)31/h13-18,20,27,30-31H,4-12H2,1-3H3,(H,28,29). The summed E-state index contributed by atoms with van der Waals surface area (Å²) in [5.74, 6) is -7.09. The fraction of sp³-hybridized carbons (Fsp3) is 0.958. The molecule has 4 N–H and O–H groups in total. The van der Waals surface area contributed by atoms with Crippen LogP contribution < -0.4 is 0 Å². The minimum absolute atomic E-state index is 0.000805. The average Bonchev–Trinajstić information content (AvgIpc) is 3.00. The summed E-state index contributed by atoms with van der Waals surface area (Å²) in [6, 6.07) is 0. The number of fused-ring (bicyclic) bond motifs is 5. The quantitative estimate of drug-likeness (QED) is 0.525. The second-order valence-electron chi connectivity index (χ2n) is 11.8. The van der Waals surface area contributed by atoms with Gasteiger partial charge in [0.15, 0.2) is 0 Å². The molecule has 0 aliphatic heterocycles. The van der Waals surface area contributed by atoms with Gasteiger partial charge in [-0.25, -0.2) is 8.78 Å². The van der Waals surface area contributed by atoms with Gasteiger partial charge in [0.05, 0.1) is 6.10 Å². The van der Waals surface area contributed by atoms with Crippen molar-refractivity contribution >= 4 is 5.97 Å². The van der Waals surface area contributed by atoms with Crippen molar-refractivity contribution in [1.29, 1.82) is 0 Å².